The number of aryl methyl sites for hydroxylation is 2. The van der Waals surface area contributed by atoms with Crippen molar-refractivity contribution in [1.82, 2.24) is 9.78 Å². The van der Waals surface area contributed by atoms with Gasteiger partial charge in [0, 0.05) is 7.05 Å². The molecule has 1 atom stereocenters. The third-order valence-corrected chi connectivity index (χ3v) is 3.22. The molecule has 104 valence electrons. The fourth-order valence-electron chi connectivity index (χ4n) is 2.12. The summed E-state index contributed by atoms with van der Waals surface area (Å²) in [7, 11) is 1.85. The first-order chi connectivity index (χ1) is 8.60. The molecule has 0 amide bonds. The average Bonchev–Trinajstić information content (AvgIpc) is 2.59. The molecular formula is C14H26N2O2. The van der Waals surface area contributed by atoms with Gasteiger partial charge in [-0.2, -0.15) is 5.10 Å². The zero-order chi connectivity index (χ0) is 13.5. The van der Waals surface area contributed by atoms with E-state index in [-0.39, 0.29) is 12.7 Å². The predicted molar refractivity (Wildman–Crippen MR) is 72.7 cm³/mol. The topological polar surface area (TPSA) is 47.3 Å². The van der Waals surface area contributed by atoms with Crippen molar-refractivity contribution in [3.05, 3.63) is 11.3 Å². The van der Waals surface area contributed by atoms with Gasteiger partial charge in [0.05, 0.1) is 24.0 Å². The molecule has 0 aliphatic carbocycles. The zero-order valence-corrected chi connectivity index (χ0v) is 12.1. The normalized spacial score (nSPS) is 12.7. The number of hydrogen-bond donors (Lipinski definition) is 1. The third-order valence-electron chi connectivity index (χ3n) is 3.22. The number of unbranched alkanes of at least 4 members (excludes halogenated alkanes) is 3. The maximum Gasteiger partial charge on any atom is 0.217 e. The number of ether oxygens (including phenoxy) is 1. The van der Waals surface area contributed by atoms with Crippen LogP contribution in [0.1, 0.15) is 57.2 Å². The summed E-state index contributed by atoms with van der Waals surface area (Å²) in [6.07, 6.45) is 6.23. The average molecular weight is 254 g/mol. The predicted octanol–water partition coefficient (Wildman–Crippen LogP) is 2.96. The number of hydrogen-bond acceptors (Lipinski definition) is 3. The van der Waals surface area contributed by atoms with Gasteiger partial charge in [-0.3, -0.25) is 0 Å². The Kier molecular flexibility index (Phi) is 6.19. The molecule has 1 aromatic heterocycles. The monoisotopic (exact) mass is 254 g/mol. The molecule has 4 nitrogen and oxygen atoms in total. The van der Waals surface area contributed by atoms with Crippen molar-refractivity contribution < 1.29 is 9.84 Å². The lowest BCUT2D eigenvalue weighted by Gasteiger charge is -2.15. The summed E-state index contributed by atoms with van der Waals surface area (Å²) in [5, 5.41) is 13.6. The lowest BCUT2D eigenvalue weighted by Crippen LogP contribution is -2.14. The molecule has 1 aromatic rings. The number of aliphatic hydroxyl groups excluding tert-OH is 1. The van der Waals surface area contributed by atoms with E-state index in [2.05, 4.69) is 18.9 Å². The Morgan fingerprint density at radius 2 is 2.06 bits per heavy atom. The van der Waals surface area contributed by atoms with Crippen molar-refractivity contribution in [2.45, 2.75) is 65.6 Å². The third kappa shape index (κ3) is 4.02. The molecule has 4 heteroatoms. The molecule has 1 unspecified atom stereocenters. The maximum atomic E-state index is 9.34. The van der Waals surface area contributed by atoms with Crippen LogP contribution in [0.4, 0.5) is 0 Å². The molecule has 0 saturated heterocycles. The molecule has 0 aromatic carbocycles. The highest BCUT2D eigenvalue weighted by Crippen LogP contribution is 2.23. The second-order valence-electron chi connectivity index (χ2n) is 4.93. The van der Waals surface area contributed by atoms with Crippen molar-refractivity contribution in [2.24, 2.45) is 7.05 Å². The summed E-state index contributed by atoms with van der Waals surface area (Å²) >= 11 is 0. The van der Waals surface area contributed by atoms with Gasteiger partial charge in [0.15, 0.2) is 0 Å². The van der Waals surface area contributed by atoms with E-state index in [1.807, 2.05) is 14.0 Å². The van der Waals surface area contributed by atoms with Crippen LogP contribution >= 0.6 is 0 Å². The maximum absolute atomic E-state index is 9.34. The van der Waals surface area contributed by atoms with Gasteiger partial charge >= 0.3 is 0 Å². The van der Waals surface area contributed by atoms with Crippen LogP contribution in [-0.4, -0.2) is 21.0 Å². The van der Waals surface area contributed by atoms with Gasteiger partial charge in [0.25, 0.3) is 0 Å². The quantitative estimate of drug-likeness (QED) is 0.725. The first-order valence-electron chi connectivity index (χ1n) is 6.90. The lowest BCUT2D eigenvalue weighted by atomic mass is 10.1. The first kappa shape index (κ1) is 15.0. The molecule has 0 fully saturated rings. The summed E-state index contributed by atoms with van der Waals surface area (Å²) in [6, 6.07) is 0. The Balaban J connectivity index is 2.51. The molecule has 1 N–H and O–H groups in total. The summed E-state index contributed by atoms with van der Waals surface area (Å²) in [5.74, 6) is 0.706. The summed E-state index contributed by atoms with van der Waals surface area (Å²) < 4.78 is 7.62. The van der Waals surface area contributed by atoms with Crippen LogP contribution in [0.25, 0.3) is 0 Å². The molecule has 1 rings (SSSR count). The van der Waals surface area contributed by atoms with E-state index < -0.39 is 0 Å². The smallest absolute Gasteiger partial charge is 0.217 e. The van der Waals surface area contributed by atoms with Crippen LogP contribution in [0, 0.1) is 6.92 Å². The molecule has 18 heavy (non-hydrogen) atoms. The van der Waals surface area contributed by atoms with Crippen molar-refractivity contribution >= 4 is 0 Å². The summed E-state index contributed by atoms with van der Waals surface area (Å²) in [5.41, 5.74) is 1.64. The number of rotatable bonds is 8. The van der Waals surface area contributed by atoms with Gasteiger partial charge in [0.1, 0.15) is 0 Å². The van der Waals surface area contributed by atoms with Crippen LogP contribution in [0.3, 0.4) is 0 Å². The van der Waals surface area contributed by atoms with Crippen LogP contribution < -0.4 is 4.74 Å². The van der Waals surface area contributed by atoms with E-state index in [0.717, 1.165) is 17.7 Å². The fourth-order valence-corrected chi connectivity index (χ4v) is 2.12. The van der Waals surface area contributed by atoms with E-state index in [4.69, 9.17) is 4.74 Å². The van der Waals surface area contributed by atoms with Crippen molar-refractivity contribution in [3.8, 4) is 5.88 Å². The molecule has 0 aliphatic heterocycles. The molecule has 0 radical (unpaired) electrons. The van der Waals surface area contributed by atoms with E-state index in [1.54, 1.807) is 4.68 Å². The van der Waals surface area contributed by atoms with E-state index in [0.29, 0.717) is 5.88 Å². The van der Waals surface area contributed by atoms with Gasteiger partial charge in [-0.15, -0.1) is 0 Å². The number of aromatic nitrogens is 2. The highest BCUT2D eigenvalue weighted by molar-refractivity contribution is 5.30. The molecule has 0 aliphatic rings. The van der Waals surface area contributed by atoms with Crippen LogP contribution in [-0.2, 0) is 13.7 Å². The number of nitrogens with zero attached hydrogens (tertiary/aromatic N) is 2. The van der Waals surface area contributed by atoms with Gasteiger partial charge in [-0.25, -0.2) is 4.68 Å². The first-order valence-corrected chi connectivity index (χ1v) is 6.90. The minimum Gasteiger partial charge on any atom is -0.475 e. The highest BCUT2D eigenvalue weighted by atomic mass is 16.5. The van der Waals surface area contributed by atoms with Crippen LogP contribution in [0.15, 0.2) is 0 Å². The second-order valence-corrected chi connectivity index (χ2v) is 4.93. The van der Waals surface area contributed by atoms with Crippen molar-refractivity contribution in [2.75, 3.05) is 0 Å². The van der Waals surface area contributed by atoms with E-state index in [1.165, 1.54) is 25.7 Å². The van der Waals surface area contributed by atoms with Gasteiger partial charge in [-0.1, -0.05) is 26.2 Å². The minimum atomic E-state index is -0.0163. The molecular weight excluding hydrogens is 228 g/mol. The van der Waals surface area contributed by atoms with Gasteiger partial charge in [0.2, 0.25) is 5.88 Å². The zero-order valence-electron chi connectivity index (χ0n) is 12.1. The SMILES string of the molecule is CCCCCCC(C)Oc1c(CO)c(C)nn1C. The lowest BCUT2D eigenvalue weighted by molar-refractivity contribution is 0.181. The van der Waals surface area contributed by atoms with Gasteiger partial charge < -0.3 is 9.84 Å². The second kappa shape index (κ2) is 7.41. The van der Waals surface area contributed by atoms with E-state index >= 15 is 0 Å². The van der Waals surface area contributed by atoms with Crippen LogP contribution in [0.5, 0.6) is 5.88 Å². The number of aliphatic hydroxyl groups is 1. The molecule has 0 spiro atoms. The molecule has 0 saturated carbocycles. The Morgan fingerprint density at radius 3 is 2.67 bits per heavy atom. The Morgan fingerprint density at radius 1 is 1.33 bits per heavy atom. The summed E-state index contributed by atoms with van der Waals surface area (Å²) in [4.78, 5) is 0. The van der Waals surface area contributed by atoms with E-state index in [9.17, 15) is 5.11 Å². The van der Waals surface area contributed by atoms with Crippen molar-refractivity contribution in [3.63, 3.8) is 0 Å². The fraction of sp³-hybridized carbons (Fsp3) is 0.786. The Labute approximate surface area is 110 Å². The molecule has 0 bridgehead atoms. The standard InChI is InChI=1S/C14H26N2O2/c1-5-6-7-8-9-11(2)18-14-13(10-17)12(3)15-16(14)4/h11,17H,5-10H2,1-4H3. The highest BCUT2D eigenvalue weighted by Gasteiger charge is 2.16. The molecule has 1 heterocycles. The van der Waals surface area contributed by atoms with Crippen LogP contribution in [0.2, 0.25) is 0 Å². The minimum absolute atomic E-state index is 0.0163. The van der Waals surface area contributed by atoms with Crippen molar-refractivity contribution in [1.29, 1.82) is 0 Å². The summed E-state index contributed by atoms with van der Waals surface area (Å²) in [6.45, 7) is 6.17. The van der Waals surface area contributed by atoms with Gasteiger partial charge in [-0.05, 0) is 26.7 Å². The Hall–Kier alpha value is -1.03. The Bertz CT molecular complexity index is 361. The largest absolute Gasteiger partial charge is 0.475 e.